The van der Waals surface area contributed by atoms with E-state index in [2.05, 4.69) is 15.4 Å². The van der Waals surface area contributed by atoms with Crippen molar-refractivity contribution in [3.63, 3.8) is 0 Å². The van der Waals surface area contributed by atoms with Crippen LogP contribution in [0.25, 0.3) is 0 Å². The van der Waals surface area contributed by atoms with Crippen LogP contribution >= 0.6 is 12.4 Å². The molecule has 7 nitrogen and oxygen atoms in total. The third kappa shape index (κ3) is 3.61. The van der Waals surface area contributed by atoms with Crippen LogP contribution in [0.5, 0.6) is 0 Å². The molecule has 3 heterocycles. The second kappa shape index (κ2) is 7.60. The average molecular weight is 372 g/mol. The first kappa shape index (κ1) is 18.9. The Labute approximate surface area is 148 Å². The Morgan fingerprint density at radius 3 is 2.75 bits per heavy atom. The van der Waals surface area contributed by atoms with Crippen molar-refractivity contribution >= 4 is 22.4 Å². The first-order valence-electron chi connectivity index (χ1n) is 7.67. The van der Waals surface area contributed by atoms with Crippen LogP contribution in [0, 0.1) is 0 Å². The third-order valence-electron chi connectivity index (χ3n) is 3.98. The number of aromatic nitrogens is 3. The summed E-state index contributed by atoms with van der Waals surface area (Å²) < 4.78 is 29.3. The van der Waals surface area contributed by atoms with Gasteiger partial charge in [-0.2, -0.15) is 9.40 Å². The normalized spacial score (nSPS) is 19.2. The summed E-state index contributed by atoms with van der Waals surface area (Å²) in [6.45, 7) is 5.56. The molecule has 1 unspecified atom stereocenters. The molecule has 132 valence electrons. The van der Waals surface area contributed by atoms with Gasteiger partial charge >= 0.3 is 0 Å². The van der Waals surface area contributed by atoms with Gasteiger partial charge in [0.25, 0.3) is 0 Å². The van der Waals surface area contributed by atoms with Crippen LogP contribution in [0.4, 0.5) is 0 Å². The van der Waals surface area contributed by atoms with Crippen LogP contribution in [0.2, 0.25) is 0 Å². The van der Waals surface area contributed by atoms with E-state index in [0.29, 0.717) is 19.6 Å². The van der Waals surface area contributed by atoms with Crippen LogP contribution in [0.3, 0.4) is 0 Å². The zero-order valence-electron chi connectivity index (χ0n) is 13.7. The molecule has 2 aromatic rings. The fourth-order valence-electron chi connectivity index (χ4n) is 2.70. The predicted octanol–water partition coefficient (Wildman–Crippen LogP) is 1.62. The van der Waals surface area contributed by atoms with Gasteiger partial charge in [0, 0.05) is 44.3 Å². The van der Waals surface area contributed by atoms with Gasteiger partial charge in [-0.15, -0.1) is 12.4 Å². The van der Waals surface area contributed by atoms with Crippen LogP contribution in [0.15, 0.2) is 41.8 Å². The van der Waals surface area contributed by atoms with E-state index in [1.165, 1.54) is 6.20 Å². The molecular weight excluding hydrogens is 350 g/mol. The van der Waals surface area contributed by atoms with Crippen molar-refractivity contribution in [3.8, 4) is 0 Å². The molecule has 9 heteroatoms. The largest absolute Gasteiger partial charge is 0.313 e. The summed E-state index contributed by atoms with van der Waals surface area (Å²) in [5, 5.41) is 7.41. The summed E-state index contributed by atoms with van der Waals surface area (Å²) in [6, 6.07) is 3.59. The maximum Gasteiger partial charge on any atom is 0.246 e. The number of nitrogens with zero attached hydrogens (tertiary/aromatic N) is 4. The Balaban J connectivity index is 0.00000208. The minimum absolute atomic E-state index is 0. The maximum atomic E-state index is 13.0. The van der Waals surface area contributed by atoms with Crippen molar-refractivity contribution < 1.29 is 8.42 Å². The fourth-order valence-corrected chi connectivity index (χ4v) is 4.26. The van der Waals surface area contributed by atoms with Gasteiger partial charge in [-0.3, -0.25) is 9.67 Å². The third-order valence-corrected chi connectivity index (χ3v) is 5.84. The molecule has 1 fully saturated rings. The molecule has 0 saturated carbocycles. The number of piperazine rings is 1. The summed E-state index contributed by atoms with van der Waals surface area (Å²) >= 11 is 0. The highest BCUT2D eigenvalue weighted by Gasteiger charge is 2.35. The van der Waals surface area contributed by atoms with E-state index >= 15 is 0 Å². The van der Waals surface area contributed by atoms with Gasteiger partial charge in [-0.05, 0) is 25.5 Å². The molecule has 0 amide bonds. The summed E-state index contributed by atoms with van der Waals surface area (Å²) in [5.41, 5.74) is 0.888. The van der Waals surface area contributed by atoms with E-state index < -0.39 is 10.0 Å². The van der Waals surface area contributed by atoms with Crippen molar-refractivity contribution in [2.75, 3.05) is 19.6 Å². The number of rotatable bonds is 4. The first-order valence-corrected chi connectivity index (χ1v) is 9.11. The lowest BCUT2D eigenvalue weighted by Crippen LogP contribution is -2.48. The number of hydrogen-bond donors (Lipinski definition) is 1. The van der Waals surface area contributed by atoms with Gasteiger partial charge in [-0.25, -0.2) is 8.42 Å². The molecule has 3 rings (SSSR count). The SMILES string of the molecule is CC(C)n1cc(S(=O)(=O)N2CCNCC2c2cccnc2)cn1.Cl. The van der Waals surface area contributed by atoms with Gasteiger partial charge < -0.3 is 5.32 Å². The van der Waals surface area contributed by atoms with E-state index in [4.69, 9.17) is 0 Å². The summed E-state index contributed by atoms with van der Waals surface area (Å²) in [6.07, 6.45) is 6.43. The minimum Gasteiger partial charge on any atom is -0.313 e. The first-order chi connectivity index (χ1) is 11.0. The van der Waals surface area contributed by atoms with Crippen LogP contribution in [0.1, 0.15) is 31.5 Å². The number of pyridine rings is 1. The molecule has 1 atom stereocenters. The fraction of sp³-hybridized carbons (Fsp3) is 0.467. The average Bonchev–Trinajstić information content (AvgIpc) is 3.07. The highest BCUT2D eigenvalue weighted by Crippen LogP contribution is 2.28. The summed E-state index contributed by atoms with van der Waals surface area (Å²) in [7, 11) is -3.59. The highest BCUT2D eigenvalue weighted by molar-refractivity contribution is 7.89. The molecule has 0 radical (unpaired) electrons. The maximum absolute atomic E-state index is 13.0. The Morgan fingerprint density at radius 1 is 1.33 bits per heavy atom. The molecule has 0 spiro atoms. The molecule has 1 saturated heterocycles. The van der Waals surface area contributed by atoms with Crippen LogP contribution in [-0.2, 0) is 10.0 Å². The van der Waals surface area contributed by atoms with E-state index in [-0.39, 0.29) is 29.4 Å². The Kier molecular flexibility index (Phi) is 5.97. The van der Waals surface area contributed by atoms with E-state index in [1.54, 1.807) is 27.6 Å². The molecule has 0 aliphatic carbocycles. The molecular formula is C15H22ClN5O2S. The van der Waals surface area contributed by atoms with E-state index in [9.17, 15) is 8.42 Å². The molecule has 1 aliphatic heterocycles. The second-order valence-electron chi connectivity index (χ2n) is 5.87. The number of sulfonamides is 1. The lowest BCUT2D eigenvalue weighted by Gasteiger charge is -2.34. The monoisotopic (exact) mass is 371 g/mol. The Morgan fingerprint density at radius 2 is 2.12 bits per heavy atom. The van der Waals surface area contributed by atoms with Gasteiger partial charge in [0.1, 0.15) is 4.90 Å². The zero-order valence-corrected chi connectivity index (χ0v) is 15.3. The number of halogens is 1. The van der Waals surface area contributed by atoms with E-state index in [1.807, 2.05) is 26.0 Å². The Bertz CT molecular complexity index is 763. The van der Waals surface area contributed by atoms with Crippen LogP contribution in [-0.4, -0.2) is 47.1 Å². The second-order valence-corrected chi connectivity index (χ2v) is 7.76. The van der Waals surface area contributed by atoms with Crippen molar-refractivity contribution in [2.45, 2.75) is 30.8 Å². The summed E-state index contributed by atoms with van der Waals surface area (Å²) in [5.74, 6) is 0. The van der Waals surface area contributed by atoms with Gasteiger partial charge in [0.05, 0.1) is 12.2 Å². The molecule has 0 bridgehead atoms. The van der Waals surface area contributed by atoms with Crippen molar-refractivity contribution in [1.82, 2.24) is 24.4 Å². The molecule has 0 aromatic carbocycles. The number of hydrogen-bond acceptors (Lipinski definition) is 5. The topological polar surface area (TPSA) is 80.1 Å². The van der Waals surface area contributed by atoms with Crippen molar-refractivity contribution in [3.05, 3.63) is 42.5 Å². The smallest absolute Gasteiger partial charge is 0.246 e. The standard InChI is InChI=1S/C15H21N5O2S.ClH/c1-12(2)19-11-14(9-18-19)23(21,22)20-7-6-17-10-15(20)13-4-3-5-16-8-13;/h3-5,8-9,11-12,15,17H,6-7,10H2,1-2H3;1H. The van der Waals surface area contributed by atoms with Gasteiger partial charge in [-0.1, -0.05) is 6.07 Å². The zero-order chi connectivity index (χ0) is 16.4. The van der Waals surface area contributed by atoms with Crippen molar-refractivity contribution in [1.29, 1.82) is 0 Å². The molecule has 1 N–H and O–H groups in total. The van der Waals surface area contributed by atoms with Crippen LogP contribution < -0.4 is 5.32 Å². The van der Waals surface area contributed by atoms with Gasteiger partial charge in [0.15, 0.2) is 0 Å². The van der Waals surface area contributed by atoms with Gasteiger partial charge in [0.2, 0.25) is 10.0 Å². The quantitative estimate of drug-likeness (QED) is 0.883. The lowest BCUT2D eigenvalue weighted by atomic mass is 10.1. The minimum atomic E-state index is -3.59. The Hall–Kier alpha value is -1.48. The van der Waals surface area contributed by atoms with Crippen molar-refractivity contribution in [2.24, 2.45) is 0 Å². The lowest BCUT2D eigenvalue weighted by molar-refractivity contribution is 0.271. The molecule has 24 heavy (non-hydrogen) atoms. The predicted molar refractivity (Wildman–Crippen MR) is 93.6 cm³/mol. The number of nitrogens with one attached hydrogen (secondary N) is 1. The summed E-state index contributed by atoms with van der Waals surface area (Å²) in [4.78, 5) is 4.35. The molecule has 2 aromatic heterocycles. The van der Waals surface area contributed by atoms with E-state index in [0.717, 1.165) is 5.56 Å². The molecule has 1 aliphatic rings. The highest BCUT2D eigenvalue weighted by atomic mass is 35.5.